The third-order valence-corrected chi connectivity index (χ3v) is 4.41. The molecule has 1 heterocycles. The summed E-state index contributed by atoms with van der Waals surface area (Å²) in [7, 11) is 0. The Hall–Kier alpha value is -1.58. The first-order valence-electron chi connectivity index (χ1n) is 6.14. The van der Waals surface area contributed by atoms with Crippen LogP contribution in [-0.4, -0.2) is 5.91 Å². The van der Waals surface area contributed by atoms with Gasteiger partial charge in [-0.1, -0.05) is 39.7 Å². The Bertz CT molecular complexity index is 752. The smallest absolute Gasteiger partial charge is 0.256 e. The Morgan fingerprint density at radius 3 is 2.80 bits per heavy atom. The minimum absolute atomic E-state index is 0.0822. The highest BCUT2D eigenvalue weighted by Crippen LogP contribution is 2.38. The van der Waals surface area contributed by atoms with Gasteiger partial charge >= 0.3 is 0 Å². The van der Waals surface area contributed by atoms with Gasteiger partial charge in [-0.25, -0.2) is 0 Å². The van der Waals surface area contributed by atoms with Crippen LogP contribution in [0.5, 0.6) is 0 Å². The van der Waals surface area contributed by atoms with Crippen LogP contribution in [0.3, 0.4) is 0 Å². The second kappa shape index (κ2) is 5.08. The van der Waals surface area contributed by atoms with Crippen LogP contribution >= 0.6 is 27.5 Å². The number of anilines is 1. The van der Waals surface area contributed by atoms with Crippen LogP contribution in [0.25, 0.3) is 11.6 Å². The van der Waals surface area contributed by atoms with Crippen molar-refractivity contribution in [3.05, 3.63) is 62.6 Å². The lowest BCUT2D eigenvalue weighted by Gasteiger charge is -2.06. The fraction of sp³-hybridized carbons (Fsp3) is 0.0625. The molecule has 1 aliphatic rings. The lowest BCUT2D eigenvalue weighted by Crippen LogP contribution is -2.03. The number of halogens is 2. The summed E-state index contributed by atoms with van der Waals surface area (Å²) in [6.45, 7) is 2.00. The summed E-state index contributed by atoms with van der Waals surface area (Å²) in [6.07, 6.45) is 1.87. The molecule has 1 N–H and O–H groups in total. The van der Waals surface area contributed by atoms with E-state index in [0.29, 0.717) is 10.6 Å². The molecule has 0 saturated heterocycles. The normalized spacial score (nSPS) is 15.3. The zero-order valence-electron chi connectivity index (χ0n) is 10.7. The number of rotatable bonds is 1. The van der Waals surface area contributed by atoms with Gasteiger partial charge in [-0.15, -0.1) is 0 Å². The molecule has 4 heteroatoms. The van der Waals surface area contributed by atoms with Gasteiger partial charge in [-0.3, -0.25) is 4.79 Å². The van der Waals surface area contributed by atoms with Gasteiger partial charge in [0.15, 0.2) is 0 Å². The van der Waals surface area contributed by atoms with Crippen LogP contribution < -0.4 is 5.32 Å². The zero-order chi connectivity index (χ0) is 14.3. The first-order valence-corrected chi connectivity index (χ1v) is 7.31. The van der Waals surface area contributed by atoms with Gasteiger partial charge in [0.2, 0.25) is 0 Å². The molecule has 3 rings (SSSR count). The number of nitrogens with one attached hydrogen (secondary N) is 1. The Morgan fingerprint density at radius 2 is 2.05 bits per heavy atom. The fourth-order valence-corrected chi connectivity index (χ4v) is 2.87. The molecule has 0 aromatic heterocycles. The number of hydrogen-bond acceptors (Lipinski definition) is 1. The van der Waals surface area contributed by atoms with Crippen molar-refractivity contribution in [2.24, 2.45) is 0 Å². The number of hydrogen-bond donors (Lipinski definition) is 1. The molecule has 0 fully saturated rings. The van der Waals surface area contributed by atoms with Gasteiger partial charge in [0, 0.05) is 26.3 Å². The van der Waals surface area contributed by atoms with Crippen LogP contribution in [0.1, 0.15) is 16.7 Å². The summed E-state index contributed by atoms with van der Waals surface area (Å²) >= 11 is 9.49. The maximum atomic E-state index is 12.2. The molecule has 0 atom stereocenters. The molecule has 2 aromatic carbocycles. The molecular formula is C16H11BrClNO. The third-order valence-electron chi connectivity index (χ3n) is 3.32. The molecule has 20 heavy (non-hydrogen) atoms. The van der Waals surface area contributed by atoms with E-state index < -0.39 is 0 Å². The molecule has 0 spiro atoms. The van der Waals surface area contributed by atoms with E-state index in [0.717, 1.165) is 26.9 Å². The van der Waals surface area contributed by atoms with Crippen LogP contribution in [0.15, 0.2) is 40.9 Å². The van der Waals surface area contributed by atoms with E-state index in [1.54, 1.807) is 0 Å². The summed E-state index contributed by atoms with van der Waals surface area (Å²) in [5, 5.41) is 3.55. The molecule has 2 aromatic rings. The molecule has 0 saturated carbocycles. The number of carbonyl (C=O) groups is 1. The van der Waals surface area contributed by atoms with Crippen LogP contribution in [0, 0.1) is 6.92 Å². The highest BCUT2D eigenvalue weighted by atomic mass is 79.9. The van der Waals surface area contributed by atoms with Crippen molar-refractivity contribution in [2.75, 3.05) is 5.32 Å². The van der Waals surface area contributed by atoms with Gasteiger partial charge in [-0.05, 0) is 48.4 Å². The van der Waals surface area contributed by atoms with E-state index in [1.807, 2.05) is 49.4 Å². The standard InChI is InChI=1S/C16H11BrClNO/c1-9-13(17)5-6-14-15(9)12(16(20)19-14)8-10-3-2-4-11(18)7-10/h2-8H,1H3,(H,19,20). The third kappa shape index (κ3) is 2.28. The summed E-state index contributed by atoms with van der Waals surface area (Å²) in [6, 6.07) is 11.3. The Kier molecular flexibility index (Phi) is 3.40. The SMILES string of the molecule is Cc1c(Br)ccc2c1C(=Cc1cccc(Cl)c1)C(=O)N2. The average molecular weight is 349 g/mol. The Labute approximate surface area is 130 Å². The van der Waals surface area contributed by atoms with Crippen molar-refractivity contribution in [1.82, 2.24) is 0 Å². The quantitative estimate of drug-likeness (QED) is 0.729. The van der Waals surface area contributed by atoms with Crippen molar-refractivity contribution in [3.63, 3.8) is 0 Å². The zero-order valence-corrected chi connectivity index (χ0v) is 13.0. The summed E-state index contributed by atoms with van der Waals surface area (Å²) in [5.74, 6) is -0.0822. The van der Waals surface area contributed by atoms with Crippen molar-refractivity contribution in [2.45, 2.75) is 6.92 Å². The number of carbonyl (C=O) groups excluding carboxylic acids is 1. The van der Waals surface area contributed by atoms with Crippen molar-refractivity contribution < 1.29 is 4.79 Å². The molecule has 0 bridgehead atoms. The van der Waals surface area contributed by atoms with Gasteiger partial charge < -0.3 is 5.32 Å². The molecule has 0 radical (unpaired) electrons. The molecule has 0 unspecified atom stereocenters. The first-order chi connectivity index (χ1) is 9.56. The van der Waals surface area contributed by atoms with Crippen LogP contribution in [0.2, 0.25) is 5.02 Å². The number of fused-ring (bicyclic) bond motifs is 1. The van der Waals surface area contributed by atoms with Crippen molar-refractivity contribution in [3.8, 4) is 0 Å². The van der Waals surface area contributed by atoms with E-state index >= 15 is 0 Å². The van der Waals surface area contributed by atoms with Gasteiger partial charge in [0.05, 0.1) is 0 Å². The predicted molar refractivity (Wildman–Crippen MR) is 86.8 cm³/mol. The molecule has 0 aliphatic carbocycles. The fourth-order valence-electron chi connectivity index (χ4n) is 2.34. The minimum atomic E-state index is -0.0822. The second-order valence-electron chi connectivity index (χ2n) is 4.66. The second-order valence-corrected chi connectivity index (χ2v) is 5.95. The topological polar surface area (TPSA) is 29.1 Å². The first kappa shape index (κ1) is 13.4. The predicted octanol–water partition coefficient (Wildman–Crippen LogP) is 4.90. The lowest BCUT2D eigenvalue weighted by molar-refractivity contribution is -0.110. The van der Waals surface area contributed by atoms with Gasteiger partial charge in [0.1, 0.15) is 0 Å². The van der Waals surface area contributed by atoms with Gasteiger partial charge in [0.25, 0.3) is 5.91 Å². The van der Waals surface area contributed by atoms with Gasteiger partial charge in [-0.2, -0.15) is 0 Å². The summed E-state index contributed by atoms with van der Waals surface area (Å²) in [4.78, 5) is 12.2. The van der Waals surface area contributed by atoms with Crippen molar-refractivity contribution >= 4 is 50.8 Å². The molecule has 1 amide bonds. The van der Waals surface area contributed by atoms with E-state index in [9.17, 15) is 4.79 Å². The monoisotopic (exact) mass is 347 g/mol. The van der Waals surface area contributed by atoms with E-state index in [2.05, 4.69) is 21.2 Å². The highest BCUT2D eigenvalue weighted by molar-refractivity contribution is 9.10. The lowest BCUT2D eigenvalue weighted by atomic mass is 9.99. The Balaban J connectivity index is 2.17. The maximum absolute atomic E-state index is 12.2. The van der Waals surface area contributed by atoms with E-state index in [4.69, 9.17) is 11.6 Å². The largest absolute Gasteiger partial charge is 0.321 e. The molecule has 2 nitrogen and oxygen atoms in total. The summed E-state index contributed by atoms with van der Waals surface area (Å²) in [5.41, 5.74) is 4.43. The minimum Gasteiger partial charge on any atom is -0.321 e. The van der Waals surface area contributed by atoms with E-state index in [-0.39, 0.29) is 5.91 Å². The number of benzene rings is 2. The number of amides is 1. The maximum Gasteiger partial charge on any atom is 0.256 e. The molecule has 100 valence electrons. The van der Waals surface area contributed by atoms with E-state index in [1.165, 1.54) is 0 Å². The van der Waals surface area contributed by atoms with Crippen molar-refractivity contribution in [1.29, 1.82) is 0 Å². The molecule has 1 aliphatic heterocycles. The average Bonchev–Trinajstić information content (AvgIpc) is 2.72. The highest BCUT2D eigenvalue weighted by Gasteiger charge is 2.26. The summed E-state index contributed by atoms with van der Waals surface area (Å²) < 4.78 is 0.991. The van der Waals surface area contributed by atoms with Crippen LogP contribution in [0.4, 0.5) is 5.69 Å². The molecular weight excluding hydrogens is 338 g/mol. The Morgan fingerprint density at radius 1 is 1.25 bits per heavy atom. The van der Waals surface area contributed by atoms with Crippen LogP contribution in [-0.2, 0) is 4.79 Å².